The Kier molecular flexibility index (Phi) is 1.92. The van der Waals surface area contributed by atoms with E-state index in [0.29, 0.717) is 11.1 Å². The summed E-state index contributed by atoms with van der Waals surface area (Å²) in [7, 11) is 0. The fourth-order valence-electron chi connectivity index (χ4n) is 1.29. The lowest BCUT2D eigenvalue weighted by atomic mass is 10.1. The third kappa shape index (κ3) is 1.18. The van der Waals surface area contributed by atoms with E-state index in [1.54, 1.807) is 12.1 Å². The number of hydrogen-bond donors (Lipinski definition) is 0. The molecule has 0 saturated heterocycles. The summed E-state index contributed by atoms with van der Waals surface area (Å²) in [5.41, 5.74) is 1.97. The van der Waals surface area contributed by atoms with Crippen LogP contribution in [0.3, 0.4) is 0 Å². The summed E-state index contributed by atoms with van der Waals surface area (Å²) in [6, 6.07) is 3.51. The molecule has 0 saturated carbocycles. The molecule has 0 amide bonds. The Morgan fingerprint density at radius 3 is 3.00 bits per heavy atom. The first-order valence-electron chi connectivity index (χ1n) is 3.73. The van der Waals surface area contributed by atoms with Gasteiger partial charge in [-0.05, 0) is 35.0 Å². The molecule has 0 aliphatic carbocycles. The van der Waals surface area contributed by atoms with Crippen LogP contribution >= 0.6 is 15.9 Å². The van der Waals surface area contributed by atoms with E-state index in [4.69, 9.17) is 4.52 Å². The molecule has 0 bridgehead atoms. The molecule has 0 unspecified atom stereocenters. The van der Waals surface area contributed by atoms with E-state index in [2.05, 4.69) is 21.1 Å². The largest absolute Gasteiger partial charge is 0.355 e. The lowest BCUT2D eigenvalue weighted by molar-refractivity contribution is 0.112. The SMILES string of the molecule is Cc1noc2c(Br)ccc(C=O)c12. The predicted octanol–water partition coefficient (Wildman–Crippen LogP) is 2.71. The number of fused-ring (bicyclic) bond motifs is 1. The molecule has 0 N–H and O–H groups in total. The number of hydrogen-bond acceptors (Lipinski definition) is 3. The first-order valence-corrected chi connectivity index (χ1v) is 4.53. The fourth-order valence-corrected chi connectivity index (χ4v) is 1.70. The molecule has 0 aliphatic rings. The molecule has 3 nitrogen and oxygen atoms in total. The highest BCUT2D eigenvalue weighted by molar-refractivity contribution is 9.10. The number of carbonyl (C=O) groups is 1. The van der Waals surface area contributed by atoms with E-state index in [0.717, 1.165) is 21.8 Å². The second kappa shape index (κ2) is 2.96. The van der Waals surface area contributed by atoms with E-state index < -0.39 is 0 Å². The van der Waals surface area contributed by atoms with E-state index >= 15 is 0 Å². The molecule has 1 aromatic carbocycles. The maximum absolute atomic E-state index is 10.7. The van der Waals surface area contributed by atoms with Crippen molar-refractivity contribution >= 4 is 33.2 Å². The van der Waals surface area contributed by atoms with Crippen LogP contribution in [0.1, 0.15) is 16.1 Å². The Morgan fingerprint density at radius 1 is 1.54 bits per heavy atom. The van der Waals surface area contributed by atoms with Crippen LogP contribution in [0.4, 0.5) is 0 Å². The van der Waals surface area contributed by atoms with Crippen molar-refractivity contribution in [2.75, 3.05) is 0 Å². The van der Waals surface area contributed by atoms with Crippen LogP contribution in [0.2, 0.25) is 0 Å². The molecule has 4 heteroatoms. The first-order chi connectivity index (χ1) is 6.24. The van der Waals surface area contributed by atoms with Crippen LogP contribution in [0.15, 0.2) is 21.1 Å². The van der Waals surface area contributed by atoms with Crippen molar-refractivity contribution in [1.29, 1.82) is 0 Å². The summed E-state index contributed by atoms with van der Waals surface area (Å²) in [6.07, 6.45) is 0.805. The average molecular weight is 240 g/mol. The van der Waals surface area contributed by atoms with Gasteiger partial charge in [0.15, 0.2) is 11.9 Å². The van der Waals surface area contributed by atoms with Crippen LogP contribution in [-0.4, -0.2) is 11.4 Å². The minimum Gasteiger partial charge on any atom is -0.355 e. The molecule has 1 heterocycles. The summed E-state index contributed by atoms with van der Waals surface area (Å²) in [5, 5.41) is 4.58. The Labute approximate surface area is 82.8 Å². The van der Waals surface area contributed by atoms with Crippen molar-refractivity contribution in [3.63, 3.8) is 0 Å². The minimum atomic E-state index is 0.608. The van der Waals surface area contributed by atoms with Crippen LogP contribution in [0, 0.1) is 6.92 Å². The van der Waals surface area contributed by atoms with Crippen molar-refractivity contribution in [3.05, 3.63) is 27.9 Å². The molecule has 0 aliphatic heterocycles. The molecule has 1 aromatic heterocycles. The van der Waals surface area contributed by atoms with Gasteiger partial charge in [-0.15, -0.1) is 0 Å². The molecule has 0 spiro atoms. The van der Waals surface area contributed by atoms with Gasteiger partial charge in [-0.1, -0.05) is 5.16 Å². The van der Waals surface area contributed by atoms with E-state index in [9.17, 15) is 4.79 Å². The number of halogens is 1. The van der Waals surface area contributed by atoms with E-state index in [-0.39, 0.29) is 0 Å². The second-order valence-corrected chi connectivity index (χ2v) is 3.58. The number of benzene rings is 1. The maximum atomic E-state index is 10.7. The Morgan fingerprint density at radius 2 is 2.31 bits per heavy atom. The van der Waals surface area contributed by atoms with E-state index in [1.807, 2.05) is 6.92 Å². The van der Waals surface area contributed by atoms with Gasteiger partial charge in [0.05, 0.1) is 15.6 Å². The molecule has 0 radical (unpaired) electrons. The predicted molar refractivity (Wildman–Crippen MR) is 51.8 cm³/mol. The van der Waals surface area contributed by atoms with Gasteiger partial charge < -0.3 is 4.52 Å². The monoisotopic (exact) mass is 239 g/mol. The molecule has 0 atom stereocenters. The van der Waals surface area contributed by atoms with Crippen LogP contribution in [-0.2, 0) is 0 Å². The first kappa shape index (κ1) is 8.44. The number of aryl methyl sites for hydroxylation is 1. The van der Waals surface area contributed by atoms with E-state index in [1.165, 1.54) is 0 Å². The molecule has 0 fully saturated rings. The number of rotatable bonds is 1. The third-order valence-corrected chi connectivity index (χ3v) is 2.53. The van der Waals surface area contributed by atoms with Gasteiger partial charge in [0.25, 0.3) is 0 Å². The summed E-state index contributed by atoms with van der Waals surface area (Å²) >= 11 is 3.32. The van der Waals surface area contributed by atoms with Crippen molar-refractivity contribution in [1.82, 2.24) is 5.16 Å². The quantitative estimate of drug-likeness (QED) is 0.719. The zero-order valence-electron chi connectivity index (χ0n) is 6.87. The summed E-state index contributed by atoms with van der Waals surface area (Å²) in [6.45, 7) is 1.81. The molecular weight excluding hydrogens is 234 g/mol. The fraction of sp³-hybridized carbons (Fsp3) is 0.111. The third-order valence-electron chi connectivity index (χ3n) is 1.90. The minimum absolute atomic E-state index is 0.608. The molecule has 13 heavy (non-hydrogen) atoms. The average Bonchev–Trinajstić information content (AvgIpc) is 2.51. The summed E-state index contributed by atoms with van der Waals surface area (Å²) in [4.78, 5) is 10.7. The zero-order valence-corrected chi connectivity index (χ0v) is 8.46. The van der Waals surface area contributed by atoms with Crippen molar-refractivity contribution in [2.45, 2.75) is 6.92 Å². The number of nitrogens with zero attached hydrogens (tertiary/aromatic N) is 1. The lowest BCUT2D eigenvalue weighted by Gasteiger charge is -1.94. The maximum Gasteiger partial charge on any atom is 0.181 e. The zero-order chi connectivity index (χ0) is 9.42. The second-order valence-electron chi connectivity index (χ2n) is 2.73. The van der Waals surface area contributed by atoms with Gasteiger partial charge in [0.2, 0.25) is 0 Å². The molecular formula is C9H6BrNO2. The van der Waals surface area contributed by atoms with Gasteiger partial charge in [0, 0.05) is 5.56 Å². The lowest BCUT2D eigenvalue weighted by Crippen LogP contribution is -1.82. The van der Waals surface area contributed by atoms with Gasteiger partial charge >= 0.3 is 0 Å². The van der Waals surface area contributed by atoms with Gasteiger partial charge in [0.1, 0.15) is 0 Å². The number of aldehydes is 1. The van der Waals surface area contributed by atoms with Gasteiger partial charge in [-0.25, -0.2) is 0 Å². The normalized spacial score (nSPS) is 10.6. The van der Waals surface area contributed by atoms with Gasteiger partial charge in [-0.2, -0.15) is 0 Å². The molecule has 66 valence electrons. The summed E-state index contributed by atoms with van der Waals surface area (Å²) < 4.78 is 5.88. The molecule has 2 aromatic rings. The smallest absolute Gasteiger partial charge is 0.181 e. The van der Waals surface area contributed by atoms with Crippen LogP contribution in [0.5, 0.6) is 0 Å². The van der Waals surface area contributed by atoms with Crippen molar-refractivity contribution in [2.24, 2.45) is 0 Å². The molecule has 2 rings (SSSR count). The summed E-state index contributed by atoms with van der Waals surface area (Å²) in [5.74, 6) is 0. The topological polar surface area (TPSA) is 43.1 Å². The van der Waals surface area contributed by atoms with Gasteiger partial charge in [-0.3, -0.25) is 4.79 Å². The van der Waals surface area contributed by atoms with Crippen molar-refractivity contribution in [3.8, 4) is 0 Å². The highest BCUT2D eigenvalue weighted by atomic mass is 79.9. The Bertz CT molecular complexity index is 476. The number of carbonyl (C=O) groups excluding carboxylic acids is 1. The van der Waals surface area contributed by atoms with Crippen molar-refractivity contribution < 1.29 is 9.32 Å². The van der Waals surface area contributed by atoms with Crippen LogP contribution < -0.4 is 0 Å². The number of aromatic nitrogens is 1. The highest BCUT2D eigenvalue weighted by Crippen LogP contribution is 2.28. The Balaban J connectivity index is 2.96. The van der Waals surface area contributed by atoms with Crippen LogP contribution in [0.25, 0.3) is 11.0 Å². The standard InChI is InChI=1S/C9H6BrNO2/c1-5-8-6(4-12)2-3-7(10)9(8)13-11-5/h2-4H,1H3. The Hall–Kier alpha value is -1.16. The highest BCUT2D eigenvalue weighted by Gasteiger charge is 2.11.